The summed E-state index contributed by atoms with van der Waals surface area (Å²) in [7, 11) is 3.38. The highest BCUT2D eigenvalue weighted by atomic mass is 79.9. The minimum atomic E-state index is -0.460. The second-order valence-corrected chi connectivity index (χ2v) is 9.15. The van der Waals surface area contributed by atoms with E-state index < -0.39 is 5.97 Å². The Bertz CT molecular complexity index is 1290. The minimum absolute atomic E-state index is 0.0123. The van der Waals surface area contributed by atoms with Crippen LogP contribution in [0.15, 0.2) is 77.3 Å². The smallest absolute Gasteiger partial charge is 0.339 e. The van der Waals surface area contributed by atoms with Gasteiger partial charge in [-0.15, -0.1) is 0 Å². The minimum Gasteiger partial charge on any atom is -0.457 e. The summed E-state index contributed by atoms with van der Waals surface area (Å²) in [6, 6.07) is 22.2. The fourth-order valence-electron chi connectivity index (χ4n) is 3.00. The van der Waals surface area contributed by atoms with E-state index in [4.69, 9.17) is 32.9 Å². The van der Waals surface area contributed by atoms with Crippen molar-refractivity contribution in [2.45, 2.75) is 6.61 Å². The molecule has 1 aromatic heterocycles. The van der Waals surface area contributed by atoms with Crippen LogP contribution in [0.5, 0.6) is 0 Å². The highest BCUT2D eigenvalue weighted by Crippen LogP contribution is 2.28. The number of pyridine rings is 1. The number of amides is 1. The number of carbonyl (C=O) groups excluding carboxylic acids is 2. The van der Waals surface area contributed by atoms with Gasteiger partial charge in [0.25, 0.3) is 0 Å². The monoisotopic (exact) mass is 558 g/mol. The second kappa shape index (κ2) is 12.0. The lowest BCUT2D eigenvalue weighted by molar-refractivity contribution is -0.115. The van der Waals surface area contributed by atoms with Gasteiger partial charge in [0, 0.05) is 45.1 Å². The molecule has 0 atom stereocenters. The van der Waals surface area contributed by atoms with E-state index in [-0.39, 0.29) is 6.61 Å². The Labute approximate surface area is 216 Å². The third kappa shape index (κ3) is 6.56. The van der Waals surface area contributed by atoms with E-state index in [0.29, 0.717) is 26.9 Å². The first kappa shape index (κ1) is 25.7. The average Bonchev–Trinajstić information content (AvgIpc) is 2.83. The number of para-hydroxylation sites is 1. The van der Waals surface area contributed by atoms with E-state index in [2.05, 4.69) is 15.9 Å². The summed E-state index contributed by atoms with van der Waals surface area (Å²) in [6.45, 7) is -0.0123. The first-order valence-electron chi connectivity index (χ1n) is 10.2. The van der Waals surface area contributed by atoms with Gasteiger partial charge in [-0.3, -0.25) is 4.79 Å². The Balaban J connectivity index is 0.000000588. The molecular weight excluding hydrogens is 539 g/mol. The predicted octanol–water partition coefficient (Wildman–Crippen LogP) is 7.03. The molecule has 0 unspecified atom stereocenters. The fraction of sp³-hybridized carbons (Fsp3) is 0.115. The van der Waals surface area contributed by atoms with E-state index in [9.17, 15) is 9.59 Å². The van der Waals surface area contributed by atoms with Crippen molar-refractivity contribution in [3.05, 3.63) is 98.4 Å². The van der Waals surface area contributed by atoms with Crippen LogP contribution in [0.1, 0.15) is 15.9 Å². The molecule has 4 rings (SSSR count). The lowest BCUT2D eigenvalue weighted by Gasteiger charge is -2.11. The van der Waals surface area contributed by atoms with Crippen LogP contribution in [0.2, 0.25) is 10.0 Å². The highest BCUT2D eigenvalue weighted by molar-refractivity contribution is 9.10. The molecule has 0 aliphatic rings. The molecule has 34 heavy (non-hydrogen) atoms. The number of benzene rings is 3. The number of aromatic nitrogens is 1. The zero-order valence-corrected chi connectivity index (χ0v) is 21.6. The van der Waals surface area contributed by atoms with Crippen LogP contribution in [-0.4, -0.2) is 36.4 Å². The van der Waals surface area contributed by atoms with Crippen molar-refractivity contribution in [2.24, 2.45) is 0 Å². The second-order valence-electron chi connectivity index (χ2n) is 7.42. The van der Waals surface area contributed by atoms with Crippen LogP contribution in [0.25, 0.3) is 22.2 Å². The summed E-state index contributed by atoms with van der Waals surface area (Å²) in [6.07, 6.45) is 0.750. The molecule has 0 saturated heterocycles. The quantitative estimate of drug-likeness (QED) is 0.194. The Morgan fingerprint density at radius 3 is 2.24 bits per heavy atom. The van der Waals surface area contributed by atoms with Gasteiger partial charge in [0.15, 0.2) is 0 Å². The predicted molar refractivity (Wildman–Crippen MR) is 140 cm³/mol. The summed E-state index contributed by atoms with van der Waals surface area (Å²) in [5, 5.41) is 1.64. The number of rotatable bonds is 5. The van der Waals surface area contributed by atoms with Gasteiger partial charge in [0.2, 0.25) is 6.41 Å². The third-order valence-electron chi connectivity index (χ3n) is 4.70. The molecule has 4 aromatic rings. The van der Waals surface area contributed by atoms with Crippen molar-refractivity contribution in [1.82, 2.24) is 9.88 Å². The summed E-state index contributed by atoms with van der Waals surface area (Å²) in [5.41, 5.74) is 3.34. The molecule has 3 aromatic carbocycles. The lowest BCUT2D eigenvalue weighted by atomic mass is 10.0. The molecular formula is C26H21BrCl2N2O3. The largest absolute Gasteiger partial charge is 0.457 e. The van der Waals surface area contributed by atoms with Gasteiger partial charge in [-0.25, -0.2) is 9.78 Å². The normalized spacial score (nSPS) is 10.3. The standard InChI is InChI=1S/C23H14BrCl2NO2.C3H7NO/c24-15-10-8-14(9-11-15)22-12-17(16-4-1-2-7-21(16)27-22)23(28)29-13-18-19(25)5-3-6-20(18)26;1-4(2)3-5/h1-12H,13H2;3H,1-2H3. The summed E-state index contributed by atoms with van der Waals surface area (Å²) >= 11 is 15.8. The van der Waals surface area contributed by atoms with Gasteiger partial charge in [-0.1, -0.05) is 75.5 Å². The van der Waals surface area contributed by atoms with E-state index in [1.807, 2.05) is 48.5 Å². The van der Waals surface area contributed by atoms with Crippen molar-refractivity contribution < 1.29 is 14.3 Å². The van der Waals surface area contributed by atoms with Gasteiger partial charge in [0.1, 0.15) is 6.61 Å². The first-order chi connectivity index (χ1) is 16.3. The average molecular weight is 560 g/mol. The van der Waals surface area contributed by atoms with E-state index in [1.165, 1.54) is 4.90 Å². The zero-order chi connectivity index (χ0) is 24.7. The van der Waals surface area contributed by atoms with Crippen molar-refractivity contribution in [3.8, 4) is 11.3 Å². The van der Waals surface area contributed by atoms with Crippen molar-refractivity contribution in [3.63, 3.8) is 0 Å². The Morgan fingerprint density at radius 2 is 1.62 bits per heavy atom. The number of hydrogen-bond donors (Lipinski definition) is 0. The lowest BCUT2D eigenvalue weighted by Crippen LogP contribution is -2.07. The van der Waals surface area contributed by atoms with Gasteiger partial charge >= 0.3 is 5.97 Å². The van der Waals surface area contributed by atoms with Crippen molar-refractivity contribution >= 4 is 62.4 Å². The molecule has 0 spiro atoms. The summed E-state index contributed by atoms with van der Waals surface area (Å²) in [4.78, 5) is 28.5. The maximum Gasteiger partial charge on any atom is 0.339 e. The van der Waals surface area contributed by atoms with E-state index in [1.54, 1.807) is 38.4 Å². The number of esters is 1. The number of fused-ring (bicyclic) bond motifs is 1. The van der Waals surface area contributed by atoms with Crippen LogP contribution in [0.3, 0.4) is 0 Å². The molecule has 0 radical (unpaired) electrons. The van der Waals surface area contributed by atoms with Gasteiger partial charge in [0.05, 0.1) is 16.8 Å². The number of ether oxygens (including phenoxy) is 1. The SMILES string of the molecule is CN(C)C=O.O=C(OCc1c(Cl)cccc1Cl)c1cc(-c2ccc(Br)cc2)nc2ccccc12. The Hall–Kier alpha value is -2.93. The van der Waals surface area contributed by atoms with Gasteiger partial charge in [-0.05, 0) is 36.4 Å². The van der Waals surface area contributed by atoms with Crippen LogP contribution < -0.4 is 0 Å². The maximum atomic E-state index is 12.9. The number of halogens is 3. The van der Waals surface area contributed by atoms with Crippen LogP contribution in [0, 0.1) is 0 Å². The first-order valence-corrected chi connectivity index (χ1v) is 11.7. The number of nitrogens with zero attached hydrogens (tertiary/aromatic N) is 2. The molecule has 0 N–H and O–H groups in total. The molecule has 0 aliphatic carbocycles. The van der Waals surface area contributed by atoms with Gasteiger partial charge in [-0.2, -0.15) is 0 Å². The molecule has 1 amide bonds. The number of carbonyl (C=O) groups is 2. The van der Waals surface area contributed by atoms with Gasteiger partial charge < -0.3 is 9.64 Å². The molecule has 174 valence electrons. The summed E-state index contributed by atoms with van der Waals surface area (Å²) in [5.74, 6) is -0.460. The highest BCUT2D eigenvalue weighted by Gasteiger charge is 2.16. The molecule has 0 bridgehead atoms. The maximum absolute atomic E-state index is 12.9. The molecule has 5 nitrogen and oxygen atoms in total. The molecule has 1 heterocycles. The molecule has 0 aliphatic heterocycles. The van der Waals surface area contributed by atoms with Crippen LogP contribution in [-0.2, 0) is 16.1 Å². The van der Waals surface area contributed by atoms with Crippen LogP contribution >= 0.6 is 39.1 Å². The molecule has 8 heteroatoms. The molecule has 0 fully saturated rings. The van der Waals surface area contributed by atoms with Crippen molar-refractivity contribution in [2.75, 3.05) is 14.1 Å². The van der Waals surface area contributed by atoms with Crippen molar-refractivity contribution in [1.29, 1.82) is 0 Å². The fourth-order valence-corrected chi connectivity index (χ4v) is 3.77. The molecule has 0 saturated carbocycles. The third-order valence-corrected chi connectivity index (χ3v) is 5.93. The Kier molecular flexibility index (Phi) is 9.05. The van der Waals surface area contributed by atoms with E-state index in [0.717, 1.165) is 27.3 Å². The zero-order valence-electron chi connectivity index (χ0n) is 18.5. The van der Waals surface area contributed by atoms with Crippen LogP contribution in [0.4, 0.5) is 0 Å². The van der Waals surface area contributed by atoms with E-state index >= 15 is 0 Å². The Morgan fingerprint density at radius 1 is 1.00 bits per heavy atom. The summed E-state index contributed by atoms with van der Waals surface area (Å²) < 4.78 is 6.52. The topological polar surface area (TPSA) is 59.5 Å². The number of hydrogen-bond acceptors (Lipinski definition) is 4.